The highest BCUT2D eigenvalue weighted by molar-refractivity contribution is 8.00. The van der Waals surface area contributed by atoms with E-state index in [0.717, 1.165) is 38.4 Å². The molecule has 0 radical (unpaired) electrons. The summed E-state index contributed by atoms with van der Waals surface area (Å²) in [6.45, 7) is 0. The third-order valence-electron chi connectivity index (χ3n) is 5.54. The Morgan fingerprint density at radius 2 is 1.73 bits per heavy atom. The molecular weight excluding hydrogens is 414 g/mol. The molecule has 4 aromatic rings. The molecule has 5 rings (SSSR count). The number of rotatable bonds is 4. The Bertz CT molecular complexity index is 1190. The second-order valence-corrected chi connectivity index (χ2v) is 9.34. The molecule has 1 aliphatic rings. The lowest BCUT2D eigenvalue weighted by Crippen LogP contribution is -2.10. The molecule has 0 atom stereocenters. The number of thioether (sulfide) groups is 1. The maximum absolute atomic E-state index is 6.53. The minimum absolute atomic E-state index is 0.490. The Kier molecular flexibility index (Phi) is 5.35. The van der Waals surface area contributed by atoms with Gasteiger partial charge in [0.1, 0.15) is 5.03 Å². The molecular formula is C23H22ClN5S. The molecule has 2 aromatic heterocycles. The summed E-state index contributed by atoms with van der Waals surface area (Å²) in [4.78, 5) is 9.84. The lowest BCUT2D eigenvalue weighted by molar-refractivity contribution is 0.516. The van der Waals surface area contributed by atoms with Gasteiger partial charge in [0.15, 0.2) is 5.82 Å². The fourth-order valence-electron chi connectivity index (χ4n) is 4.01. The van der Waals surface area contributed by atoms with Crippen molar-refractivity contribution in [2.75, 3.05) is 5.73 Å². The maximum Gasteiger partial charge on any atom is 0.156 e. The summed E-state index contributed by atoms with van der Waals surface area (Å²) in [7, 11) is 0. The Morgan fingerprint density at radius 3 is 2.53 bits per heavy atom. The zero-order valence-electron chi connectivity index (χ0n) is 16.4. The summed E-state index contributed by atoms with van der Waals surface area (Å²) < 4.78 is 0. The summed E-state index contributed by atoms with van der Waals surface area (Å²) in [5, 5.41) is 9.97. The van der Waals surface area contributed by atoms with Gasteiger partial charge < -0.3 is 5.73 Å². The van der Waals surface area contributed by atoms with Crippen molar-refractivity contribution in [1.29, 1.82) is 0 Å². The van der Waals surface area contributed by atoms with E-state index in [1.54, 1.807) is 18.0 Å². The van der Waals surface area contributed by atoms with Crippen LogP contribution in [0.3, 0.4) is 0 Å². The SMILES string of the molecule is Nc1nc(-c2ccccc2)c(-c2cc(Cl)c3[nH]ncc3c2)nc1SC1CCCCC1. The maximum atomic E-state index is 6.53. The third kappa shape index (κ3) is 3.77. The molecule has 2 aromatic carbocycles. The van der Waals surface area contributed by atoms with E-state index in [-0.39, 0.29) is 0 Å². The van der Waals surface area contributed by atoms with Crippen LogP contribution in [0.1, 0.15) is 32.1 Å². The van der Waals surface area contributed by atoms with Crippen molar-refractivity contribution in [3.8, 4) is 22.5 Å². The number of nitrogens with zero attached hydrogens (tertiary/aromatic N) is 3. The molecule has 152 valence electrons. The van der Waals surface area contributed by atoms with Crippen LogP contribution in [0.4, 0.5) is 5.82 Å². The van der Waals surface area contributed by atoms with E-state index in [2.05, 4.69) is 10.2 Å². The first kappa shape index (κ1) is 19.4. The van der Waals surface area contributed by atoms with E-state index < -0.39 is 0 Å². The molecule has 1 fully saturated rings. The minimum Gasteiger partial charge on any atom is -0.381 e. The molecule has 0 saturated heterocycles. The van der Waals surface area contributed by atoms with Gasteiger partial charge in [-0.3, -0.25) is 5.10 Å². The van der Waals surface area contributed by atoms with E-state index in [1.165, 1.54) is 32.1 Å². The smallest absolute Gasteiger partial charge is 0.156 e. The number of halogens is 1. The molecule has 0 spiro atoms. The zero-order chi connectivity index (χ0) is 20.5. The van der Waals surface area contributed by atoms with Crippen molar-refractivity contribution in [3.05, 3.63) is 53.7 Å². The van der Waals surface area contributed by atoms with Crippen LogP contribution in [-0.4, -0.2) is 25.4 Å². The topological polar surface area (TPSA) is 80.5 Å². The van der Waals surface area contributed by atoms with Gasteiger partial charge in [-0.25, -0.2) is 9.97 Å². The molecule has 5 nitrogen and oxygen atoms in total. The summed E-state index contributed by atoms with van der Waals surface area (Å²) in [6.07, 6.45) is 8.04. The molecule has 1 saturated carbocycles. The lowest BCUT2D eigenvalue weighted by atomic mass is 10.0. The highest BCUT2D eigenvalue weighted by atomic mass is 35.5. The fourth-order valence-corrected chi connectivity index (χ4v) is 5.47. The number of fused-ring (bicyclic) bond motifs is 1. The van der Waals surface area contributed by atoms with Gasteiger partial charge in [-0.1, -0.05) is 73.0 Å². The number of hydrogen-bond donors (Lipinski definition) is 2. The van der Waals surface area contributed by atoms with Gasteiger partial charge in [0.05, 0.1) is 28.1 Å². The zero-order valence-corrected chi connectivity index (χ0v) is 18.0. The predicted octanol–water partition coefficient (Wildman–Crippen LogP) is 6.35. The number of benzene rings is 2. The lowest BCUT2D eigenvalue weighted by Gasteiger charge is -2.21. The molecule has 0 aliphatic heterocycles. The molecule has 30 heavy (non-hydrogen) atoms. The minimum atomic E-state index is 0.490. The van der Waals surface area contributed by atoms with Crippen LogP contribution in [-0.2, 0) is 0 Å². The quantitative estimate of drug-likeness (QED) is 0.390. The normalized spacial score (nSPS) is 15.0. The molecule has 2 heterocycles. The van der Waals surface area contributed by atoms with Gasteiger partial charge in [-0.15, -0.1) is 0 Å². The van der Waals surface area contributed by atoms with E-state index in [0.29, 0.717) is 16.1 Å². The first-order chi connectivity index (χ1) is 14.7. The van der Waals surface area contributed by atoms with E-state index in [1.807, 2.05) is 42.5 Å². The monoisotopic (exact) mass is 435 g/mol. The van der Waals surface area contributed by atoms with Crippen molar-refractivity contribution in [2.45, 2.75) is 42.4 Å². The summed E-state index contributed by atoms with van der Waals surface area (Å²) in [5.74, 6) is 0.490. The molecule has 7 heteroatoms. The van der Waals surface area contributed by atoms with Gasteiger partial charge in [-0.2, -0.15) is 5.10 Å². The van der Waals surface area contributed by atoms with Crippen molar-refractivity contribution < 1.29 is 0 Å². The Balaban J connectivity index is 1.66. The highest BCUT2D eigenvalue weighted by Gasteiger charge is 2.21. The van der Waals surface area contributed by atoms with Crippen LogP contribution in [0, 0.1) is 0 Å². The molecule has 3 N–H and O–H groups in total. The van der Waals surface area contributed by atoms with Gasteiger partial charge >= 0.3 is 0 Å². The van der Waals surface area contributed by atoms with Crippen LogP contribution in [0.25, 0.3) is 33.4 Å². The van der Waals surface area contributed by atoms with Crippen molar-refractivity contribution >= 4 is 40.1 Å². The van der Waals surface area contributed by atoms with E-state index in [4.69, 9.17) is 27.3 Å². The number of nitrogen functional groups attached to an aromatic ring is 1. The van der Waals surface area contributed by atoms with Crippen LogP contribution in [0.5, 0.6) is 0 Å². The van der Waals surface area contributed by atoms with E-state index in [9.17, 15) is 0 Å². The largest absolute Gasteiger partial charge is 0.381 e. The Hall–Kier alpha value is -2.57. The third-order valence-corrected chi connectivity index (χ3v) is 7.17. The number of nitrogens with two attached hydrogens (primary N) is 1. The first-order valence-corrected chi connectivity index (χ1v) is 11.5. The number of hydrogen-bond acceptors (Lipinski definition) is 5. The van der Waals surface area contributed by atoms with Crippen molar-refractivity contribution in [3.63, 3.8) is 0 Å². The van der Waals surface area contributed by atoms with Gasteiger partial charge in [0, 0.05) is 21.8 Å². The standard InChI is InChI=1S/C23H22ClN5S/c24-18-12-15(11-16-13-26-29-19(16)18)21-20(14-7-3-1-4-8-14)27-22(25)23(28-21)30-17-9-5-2-6-10-17/h1,3-4,7-8,11-13,17H,2,5-6,9-10H2,(H2,25,27)(H,26,29). The first-order valence-electron chi connectivity index (χ1n) is 10.2. The fraction of sp³-hybridized carbons (Fsp3) is 0.261. The van der Waals surface area contributed by atoms with Crippen LogP contribution < -0.4 is 5.73 Å². The van der Waals surface area contributed by atoms with Crippen molar-refractivity contribution in [1.82, 2.24) is 20.2 Å². The predicted molar refractivity (Wildman–Crippen MR) is 125 cm³/mol. The molecule has 0 amide bonds. The average molecular weight is 436 g/mol. The van der Waals surface area contributed by atoms with Crippen LogP contribution in [0.15, 0.2) is 53.7 Å². The Morgan fingerprint density at radius 1 is 0.967 bits per heavy atom. The molecule has 0 bridgehead atoms. The Labute approximate surface area is 184 Å². The van der Waals surface area contributed by atoms with Gasteiger partial charge in [-0.05, 0) is 25.0 Å². The van der Waals surface area contributed by atoms with Crippen LogP contribution in [0.2, 0.25) is 5.02 Å². The summed E-state index contributed by atoms with van der Waals surface area (Å²) in [5.41, 5.74) is 10.7. The number of anilines is 1. The number of aromatic amines is 1. The van der Waals surface area contributed by atoms with Crippen molar-refractivity contribution in [2.24, 2.45) is 0 Å². The highest BCUT2D eigenvalue weighted by Crippen LogP contribution is 2.39. The second-order valence-electron chi connectivity index (χ2n) is 7.65. The van der Waals surface area contributed by atoms with Gasteiger partial charge in [0.25, 0.3) is 0 Å². The second kappa shape index (κ2) is 8.28. The van der Waals surface area contributed by atoms with Gasteiger partial charge in [0.2, 0.25) is 0 Å². The number of nitrogens with one attached hydrogen (secondary N) is 1. The van der Waals surface area contributed by atoms with Crippen LogP contribution >= 0.6 is 23.4 Å². The number of aromatic nitrogens is 4. The molecule has 0 unspecified atom stereocenters. The number of H-pyrrole nitrogens is 1. The summed E-state index contributed by atoms with van der Waals surface area (Å²) >= 11 is 8.29. The summed E-state index contributed by atoms with van der Waals surface area (Å²) in [6, 6.07) is 14.0. The average Bonchev–Trinajstić information content (AvgIpc) is 3.26. The molecule has 1 aliphatic carbocycles. The van der Waals surface area contributed by atoms with E-state index >= 15 is 0 Å².